The van der Waals surface area contributed by atoms with E-state index in [2.05, 4.69) is 48.3 Å². The minimum absolute atomic E-state index is 0.215. The molecule has 0 saturated heterocycles. The van der Waals surface area contributed by atoms with Crippen LogP contribution in [0.5, 0.6) is 0 Å². The lowest BCUT2D eigenvalue weighted by Gasteiger charge is -1.99. The van der Waals surface area contributed by atoms with Crippen molar-refractivity contribution in [2.24, 2.45) is 0 Å². The highest BCUT2D eigenvalue weighted by Crippen LogP contribution is 2.35. The van der Waals surface area contributed by atoms with Crippen molar-refractivity contribution in [3.8, 4) is 10.4 Å². The lowest BCUT2D eigenvalue weighted by molar-refractivity contribution is -0.385. The van der Waals surface area contributed by atoms with E-state index < -0.39 is 10.7 Å². The Labute approximate surface area is 217 Å². The predicted octanol–water partition coefficient (Wildman–Crippen LogP) is 9.75. The van der Waals surface area contributed by atoms with Gasteiger partial charge in [-0.25, -0.2) is 4.39 Å². The molecule has 0 aliphatic heterocycles. The van der Waals surface area contributed by atoms with Crippen LogP contribution in [0.2, 0.25) is 0 Å². The van der Waals surface area contributed by atoms with E-state index in [4.69, 9.17) is 11.6 Å². The van der Waals surface area contributed by atoms with Crippen molar-refractivity contribution in [2.75, 3.05) is 0 Å². The zero-order valence-corrected chi connectivity index (χ0v) is 22.8. The molecule has 0 N–H and O–H groups in total. The lowest BCUT2D eigenvalue weighted by Crippen LogP contribution is -1.89. The summed E-state index contributed by atoms with van der Waals surface area (Å²) in [5.41, 5.74) is 5.11. The molecule has 0 aliphatic rings. The zero-order valence-electron chi connectivity index (χ0n) is 21.3. The van der Waals surface area contributed by atoms with Gasteiger partial charge in [-0.1, -0.05) is 65.3 Å². The van der Waals surface area contributed by atoms with Crippen LogP contribution in [0.1, 0.15) is 57.7 Å². The van der Waals surface area contributed by atoms with E-state index in [9.17, 15) is 14.5 Å². The highest BCUT2D eigenvalue weighted by molar-refractivity contribution is 7.22. The van der Waals surface area contributed by atoms with Crippen LogP contribution >= 0.6 is 22.9 Å². The van der Waals surface area contributed by atoms with Gasteiger partial charge in [0.25, 0.3) is 5.69 Å². The number of thiophene rings is 1. The molecule has 0 amide bonds. The van der Waals surface area contributed by atoms with Crippen LogP contribution in [0.15, 0.2) is 60.8 Å². The van der Waals surface area contributed by atoms with Crippen molar-refractivity contribution >= 4 is 38.8 Å². The van der Waals surface area contributed by atoms with E-state index in [0.717, 1.165) is 30.0 Å². The van der Waals surface area contributed by atoms with E-state index >= 15 is 0 Å². The van der Waals surface area contributed by atoms with E-state index in [1.165, 1.54) is 32.8 Å². The topological polar surface area (TPSA) is 56.0 Å². The maximum atomic E-state index is 12.6. The van der Waals surface area contributed by atoms with Gasteiger partial charge in [0, 0.05) is 23.0 Å². The Hall–Kier alpha value is -2.83. The molecule has 0 bridgehead atoms. The number of nitro benzene ring substituents is 1. The molecule has 7 heteroatoms. The number of rotatable bonds is 5. The molecular weight excluding hydrogens is 483 g/mol. The molecule has 0 spiro atoms. The molecule has 35 heavy (non-hydrogen) atoms. The first-order valence-corrected chi connectivity index (χ1v) is 13.2. The van der Waals surface area contributed by atoms with Crippen LogP contribution in [0.25, 0.3) is 20.7 Å². The second-order valence-corrected chi connectivity index (χ2v) is 8.39. The SMILES string of the molecule is CC.CC.CCCc1ccnc2cc(-c3ccc(CCl)cc3)sc12.Cc1ccc([N+](=O)[O-])cc1F. The molecule has 4 rings (SSSR count). The minimum Gasteiger partial charge on any atom is -0.258 e. The molecule has 4 nitrogen and oxygen atoms in total. The second-order valence-electron chi connectivity index (χ2n) is 7.07. The van der Waals surface area contributed by atoms with Crippen LogP contribution in [0.3, 0.4) is 0 Å². The molecule has 2 aromatic carbocycles. The number of hydrogen-bond acceptors (Lipinski definition) is 4. The van der Waals surface area contributed by atoms with Gasteiger partial charge in [0.15, 0.2) is 0 Å². The molecule has 0 radical (unpaired) electrons. The summed E-state index contributed by atoms with van der Waals surface area (Å²) in [4.78, 5) is 15.2. The number of pyridine rings is 1. The van der Waals surface area contributed by atoms with Crippen LogP contribution in [-0.4, -0.2) is 9.91 Å². The molecule has 2 heterocycles. The van der Waals surface area contributed by atoms with Crippen LogP contribution in [-0.2, 0) is 12.3 Å². The van der Waals surface area contributed by atoms with E-state index in [1.807, 2.05) is 45.2 Å². The summed E-state index contributed by atoms with van der Waals surface area (Å²) in [6.07, 6.45) is 4.20. The zero-order chi connectivity index (χ0) is 26.4. The first kappa shape index (κ1) is 30.2. The van der Waals surface area contributed by atoms with Crippen LogP contribution < -0.4 is 0 Å². The third-order valence-electron chi connectivity index (χ3n) is 4.77. The number of nitro groups is 1. The molecule has 0 atom stereocenters. The number of aryl methyl sites for hydroxylation is 2. The summed E-state index contributed by atoms with van der Waals surface area (Å²) in [5, 5.41) is 10.1. The van der Waals surface area contributed by atoms with Crippen molar-refractivity contribution in [3.63, 3.8) is 0 Å². The Morgan fingerprint density at radius 2 is 1.69 bits per heavy atom. The highest BCUT2D eigenvalue weighted by Gasteiger charge is 2.09. The van der Waals surface area contributed by atoms with Crippen LogP contribution in [0.4, 0.5) is 10.1 Å². The summed E-state index contributed by atoms with van der Waals surface area (Å²) in [6, 6.07) is 16.4. The second kappa shape index (κ2) is 16.0. The number of benzene rings is 2. The summed E-state index contributed by atoms with van der Waals surface area (Å²) < 4.78 is 14.0. The van der Waals surface area contributed by atoms with Gasteiger partial charge in [-0.05, 0) is 53.8 Å². The predicted molar refractivity (Wildman–Crippen MR) is 149 cm³/mol. The maximum Gasteiger partial charge on any atom is 0.272 e. The van der Waals surface area contributed by atoms with Gasteiger partial charge in [0.2, 0.25) is 0 Å². The maximum absolute atomic E-state index is 12.6. The van der Waals surface area contributed by atoms with Crippen molar-refractivity contribution in [1.29, 1.82) is 0 Å². The third-order valence-corrected chi connectivity index (χ3v) is 6.33. The van der Waals surface area contributed by atoms with Crippen molar-refractivity contribution in [1.82, 2.24) is 4.98 Å². The van der Waals surface area contributed by atoms with Gasteiger partial charge in [-0.3, -0.25) is 15.1 Å². The highest BCUT2D eigenvalue weighted by atomic mass is 35.5. The van der Waals surface area contributed by atoms with Gasteiger partial charge in [-0.15, -0.1) is 22.9 Å². The normalized spacial score (nSPS) is 9.71. The lowest BCUT2D eigenvalue weighted by atomic mass is 10.1. The Bertz CT molecular complexity index is 1190. The van der Waals surface area contributed by atoms with Gasteiger partial charge >= 0.3 is 0 Å². The van der Waals surface area contributed by atoms with Crippen molar-refractivity contribution < 1.29 is 9.31 Å². The largest absolute Gasteiger partial charge is 0.272 e. The van der Waals surface area contributed by atoms with E-state index in [0.29, 0.717) is 11.4 Å². The van der Waals surface area contributed by atoms with E-state index in [-0.39, 0.29) is 5.69 Å². The van der Waals surface area contributed by atoms with E-state index in [1.54, 1.807) is 6.92 Å². The Kier molecular flexibility index (Phi) is 13.8. The molecular formula is C28H34ClFN2O2S. The first-order chi connectivity index (χ1) is 16.9. The Balaban J connectivity index is 0.000000347. The summed E-state index contributed by atoms with van der Waals surface area (Å²) >= 11 is 7.67. The van der Waals surface area contributed by atoms with Gasteiger partial charge in [0.1, 0.15) is 5.82 Å². The molecule has 0 saturated carbocycles. The fourth-order valence-corrected chi connectivity index (χ4v) is 4.39. The number of hydrogen-bond donors (Lipinski definition) is 0. The summed E-state index contributed by atoms with van der Waals surface area (Å²) in [7, 11) is 0. The minimum atomic E-state index is -0.622. The summed E-state index contributed by atoms with van der Waals surface area (Å²) in [5.74, 6) is 0.0220. The van der Waals surface area contributed by atoms with Crippen LogP contribution in [0, 0.1) is 22.9 Å². The number of aromatic nitrogens is 1. The molecule has 188 valence electrons. The molecule has 4 aromatic rings. The number of halogens is 2. The monoisotopic (exact) mass is 516 g/mol. The quantitative estimate of drug-likeness (QED) is 0.151. The molecule has 0 aliphatic carbocycles. The first-order valence-electron chi connectivity index (χ1n) is 11.9. The van der Waals surface area contributed by atoms with Gasteiger partial charge in [-0.2, -0.15) is 0 Å². The molecule has 0 unspecified atom stereocenters. The number of fused-ring (bicyclic) bond motifs is 1. The number of alkyl halides is 1. The average Bonchev–Trinajstić information content (AvgIpc) is 3.34. The van der Waals surface area contributed by atoms with Gasteiger partial charge < -0.3 is 0 Å². The fourth-order valence-electron chi connectivity index (χ4n) is 3.05. The smallest absolute Gasteiger partial charge is 0.258 e. The number of nitrogens with zero attached hydrogens (tertiary/aromatic N) is 2. The Morgan fingerprint density at radius 1 is 1.03 bits per heavy atom. The standard InChI is InChI=1S/C17H16ClNS.C7H6FNO2.2C2H6/c1-2-3-14-8-9-19-15-10-16(20-17(14)15)13-6-4-12(11-18)5-7-13;1-5-2-3-6(9(10)11)4-7(5)8;2*1-2/h4-10H,2-3,11H2,1H3;2-4H,1H3;2*1-2H3. The summed E-state index contributed by atoms with van der Waals surface area (Å²) in [6.45, 7) is 11.8. The Morgan fingerprint density at radius 3 is 2.23 bits per heavy atom. The fraction of sp³-hybridized carbons (Fsp3) is 0.321. The molecule has 0 fully saturated rings. The average molecular weight is 517 g/mol. The van der Waals surface area contributed by atoms with Gasteiger partial charge in [0.05, 0.1) is 21.2 Å². The third kappa shape index (κ3) is 8.71. The molecule has 2 aromatic heterocycles. The van der Waals surface area contributed by atoms with Crippen molar-refractivity contribution in [2.45, 2.75) is 60.3 Å². The van der Waals surface area contributed by atoms with Crippen molar-refractivity contribution in [3.05, 3.63) is 93.4 Å². The number of non-ortho nitro benzene ring substituents is 1.